The summed E-state index contributed by atoms with van der Waals surface area (Å²) in [6.07, 6.45) is 2.83. The highest BCUT2D eigenvalue weighted by molar-refractivity contribution is 7.92. The third kappa shape index (κ3) is 4.20. The SMILES string of the molecule is CC(N)C1CCN(C(=O)c2ccccc2NS(C)(=O)=O)CC1. The van der Waals surface area contributed by atoms with Crippen LogP contribution in [-0.4, -0.2) is 44.6 Å². The topological polar surface area (TPSA) is 92.5 Å². The van der Waals surface area contributed by atoms with E-state index in [0.717, 1.165) is 19.1 Å². The highest BCUT2D eigenvalue weighted by Gasteiger charge is 2.26. The Balaban J connectivity index is 2.14. The molecule has 1 aromatic rings. The molecule has 122 valence electrons. The first-order valence-electron chi connectivity index (χ1n) is 7.39. The molecule has 1 atom stereocenters. The summed E-state index contributed by atoms with van der Waals surface area (Å²) in [6.45, 7) is 3.30. The second-order valence-corrected chi connectivity index (χ2v) is 7.66. The fourth-order valence-electron chi connectivity index (χ4n) is 2.76. The monoisotopic (exact) mass is 325 g/mol. The number of hydrogen-bond donors (Lipinski definition) is 2. The van der Waals surface area contributed by atoms with Gasteiger partial charge < -0.3 is 10.6 Å². The van der Waals surface area contributed by atoms with Crippen LogP contribution in [0.2, 0.25) is 0 Å². The number of rotatable bonds is 4. The van der Waals surface area contributed by atoms with Gasteiger partial charge in [0, 0.05) is 19.1 Å². The van der Waals surface area contributed by atoms with Crippen molar-refractivity contribution in [1.82, 2.24) is 4.90 Å². The summed E-state index contributed by atoms with van der Waals surface area (Å²) >= 11 is 0. The molecule has 1 unspecified atom stereocenters. The van der Waals surface area contributed by atoms with Gasteiger partial charge >= 0.3 is 0 Å². The highest BCUT2D eigenvalue weighted by atomic mass is 32.2. The zero-order valence-corrected chi connectivity index (χ0v) is 13.8. The lowest BCUT2D eigenvalue weighted by atomic mass is 9.90. The van der Waals surface area contributed by atoms with Gasteiger partial charge in [0.05, 0.1) is 17.5 Å². The van der Waals surface area contributed by atoms with Crippen molar-refractivity contribution in [2.24, 2.45) is 11.7 Å². The summed E-state index contributed by atoms with van der Waals surface area (Å²) < 4.78 is 25.2. The van der Waals surface area contributed by atoms with Crippen LogP contribution in [0.15, 0.2) is 24.3 Å². The number of likely N-dealkylation sites (tertiary alicyclic amines) is 1. The lowest BCUT2D eigenvalue weighted by molar-refractivity contribution is 0.0682. The Morgan fingerprint density at radius 3 is 2.45 bits per heavy atom. The Bertz CT molecular complexity index is 635. The van der Waals surface area contributed by atoms with Crippen LogP contribution < -0.4 is 10.5 Å². The average molecular weight is 325 g/mol. The molecule has 1 aromatic carbocycles. The van der Waals surface area contributed by atoms with Crippen molar-refractivity contribution in [3.63, 3.8) is 0 Å². The Hall–Kier alpha value is -1.60. The number of carbonyl (C=O) groups is 1. The summed E-state index contributed by atoms with van der Waals surface area (Å²) in [5, 5.41) is 0. The van der Waals surface area contributed by atoms with Crippen LogP contribution >= 0.6 is 0 Å². The van der Waals surface area contributed by atoms with Crippen LogP contribution in [0.3, 0.4) is 0 Å². The molecule has 3 N–H and O–H groups in total. The predicted octanol–water partition coefficient (Wildman–Crippen LogP) is 1.26. The van der Waals surface area contributed by atoms with Crippen molar-refractivity contribution in [3.05, 3.63) is 29.8 Å². The minimum absolute atomic E-state index is 0.136. The van der Waals surface area contributed by atoms with Gasteiger partial charge in [0.1, 0.15) is 0 Å². The van der Waals surface area contributed by atoms with Crippen LogP contribution in [0.1, 0.15) is 30.1 Å². The van der Waals surface area contributed by atoms with E-state index in [0.29, 0.717) is 30.3 Å². The van der Waals surface area contributed by atoms with Gasteiger partial charge in [-0.3, -0.25) is 9.52 Å². The zero-order valence-electron chi connectivity index (χ0n) is 13.0. The van der Waals surface area contributed by atoms with Crippen molar-refractivity contribution in [2.45, 2.75) is 25.8 Å². The molecule has 0 saturated carbocycles. The minimum Gasteiger partial charge on any atom is -0.339 e. The van der Waals surface area contributed by atoms with E-state index in [4.69, 9.17) is 5.73 Å². The molecule has 22 heavy (non-hydrogen) atoms. The molecule has 1 fully saturated rings. The van der Waals surface area contributed by atoms with Gasteiger partial charge in [0.15, 0.2) is 0 Å². The van der Waals surface area contributed by atoms with Gasteiger partial charge in [0.2, 0.25) is 10.0 Å². The normalized spacial score (nSPS) is 18.0. The number of hydrogen-bond acceptors (Lipinski definition) is 4. The quantitative estimate of drug-likeness (QED) is 0.871. The third-order valence-corrected chi connectivity index (χ3v) is 4.61. The molecule has 0 radical (unpaired) electrons. The third-order valence-electron chi connectivity index (χ3n) is 4.02. The number of piperidine rings is 1. The summed E-state index contributed by atoms with van der Waals surface area (Å²) in [7, 11) is -3.42. The van der Waals surface area contributed by atoms with E-state index in [1.54, 1.807) is 29.2 Å². The Morgan fingerprint density at radius 1 is 1.32 bits per heavy atom. The molecule has 1 heterocycles. The molecular weight excluding hydrogens is 302 g/mol. The standard InChI is InChI=1S/C15H23N3O3S/c1-11(16)12-7-9-18(10-8-12)15(19)13-5-3-4-6-14(13)17-22(2,20)21/h3-6,11-12,17H,7-10,16H2,1-2H3. The van der Waals surface area contributed by atoms with Crippen LogP contribution in [0.5, 0.6) is 0 Å². The van der Waals surface area contributed by atoms with Crippen LogP contribution in [0.25, 0.3) is 0 Å². The molecule has 1 saturated heterocycles. The maximum Gasteiger partial charge on any atom is 0.255 e. The van der Waals surface area contributed by atoms with E-state index in [9.17, 15) is 13.2 Å². The molecule has 6 nitrogen and oxygen atoms in total. The molecule has 0 aliphatic carbocycles. The van der Waals surface area contributed by atoms with Gasteiger partial charge in [-0.15, -0.1) is 0 Å². The van der Waals surface area contributed by atoms with E-state index >= 15 is 0 Å². The molecule has 0 spiro atoms. The van der Waals surface area contributed by atoms with E-state index < -0.39 is 10.0 Å². The maximum absolute atomic E-state index is 12.6. The number of nitrogens with zero attached hydrogens (tertiary/aromatic N) is 1. The van der Waals surface area contributed by atoms with Crippen molar-refractivity contribution in [3.8, 4) is 0 Å². The fourth-order valence-corrected chi connectivity index (χ4v) is 3.33. The predicted molar refractivity (Wildman–Crippen MR) is 87.2 cm³/mol. The smallest absolute Gasteiger partial charge is 0.255 e. The summed E-state index contributed by atoms with van der Waals surface area (Å²) in [4.78, 5) is 14.4. The Labute approximate surface area is 131 Å². The summed E-state index contributed by atoms with van der Waals surface area (Å²) in [5.41, 5.74) is 6.62. The number of anilines is 1. The number of para-hydroxylation sites is 1. The molecule has 1 amide bonds. The van der Waals surface area contributed by atoms with E-state index in [-0.39, 0.29) is 11.9 Å². The lowest BCUT2D eigenvalue weighted by Crippen LogP contribution is -2.42. The van der Waals surface area contributed by atoms with Crippen LogP contribution in [0.4, 0.5) is 5.69 Å². The number of nitrogens with two attached hydrogens (primary N) is 1. The fraction of sp³-hybridized carbons (Fsp3) is 0.533. The van der Waals surface area contributed by atoms with Crippen molar-refractivity contribution >= 4 is 21.6 Å². The second-order valence-electron chi connectivity index (χ2n) is 5.91. The largest absolute Gasteiger partial charge is 0.339 e. The number of carbonyl (C=O) groups excluding carboxylic acids is 1. The van der Waals surface area contributed by atoms with Crippen LogP contribution in [0, 0.1) is 5.92 Å². The van der Waals surface area contributed by atoms with Gasteiger partial charge in [-0.25, -0.2) is 8.42 Å². The number of sulfonamides is 1. The molecule has 7 heteroatoms. The van der Waals surface area contributed by atoms with Crippen molar-refractivity contribution in [1.29, 1.82) is 0 Å². The maximum atomic E-state index is 12.6. The van der Waals surface area contributed by atoms with Gasteiger partial charge in [-0.1, -0.05) is 12.1 Å². The van der Waals surface area contributed by atoms with Gasteiger partial charge in [-0.05, 0) is 37.8 Å². The molecular formula is C15H23N3O3S. The Kier molecular flexibility index (Phi) is 5.08. The first-order chi connectivity index (χ1) is 10.3. The summed E-state index contributed by atoms with van der Waals surface area (Å²) in [5.74, 6) is 0.295. The number of nitrogens with one attached hydrogen (secondary N) is 1. The van der Waals surface area contributed by atoms with E-state index in [2.05, 4.69) is 4.72 Å². The minimum atomic E-state index is -3.42. The molecule has 1 aliphatic rings. The molecule has 2 rings (SSSR count). The number of benzene rings is 1. The van der Waals surface area contributed by atoms with Gasteiger partial charge in [-0.2, -0.15) is 0 Å². The van der Waals surface area contributed by atoms with Crippen molar-refractivity contribution < 1.29 is 13.2 Å². The Morgan fingerprint density at radius 2 is 1.91 bits per heavy atom. The summed E-state index contributed by atoms with van der Waals surface area (Å²) in [6, 6.07) is 6.81. The highest BCUT2D eigenvalue weighted by Crippen LogP contribution is 2.24. The van der Waals surface area contributed by atoms with Crippen molar-refractivity contribution in [2.75, 3.05) is 24.1 Å². The molecule has 0 bridgehead atoms. The van der Waals surface area contributed by atoms with Gasteiger partial charge in [0.25, 0.3) is 5.91 Å². The zero-order chi connectivity index (χ0) is 16.3. The first kappa shape index (κ1) is 16.8. The van der Waals surface area contributed by atoms with E-state index in [1.165, 1.54) is 0 Å². The van der Waals surface area contributed by atoms with E-state index in [1.807, 2.05) is 6.92 Å². The average Bonchev–Trinajstić information content (AvgIpc) is 2.45. The lowest BCUT2D eigenvalue weighted by Gasteiger charge is -2.34. The molecule has 0 aromatic heterocycles. The molecule has 1 aliphatic heterocycles. The van der Waals surface area contributed by atoms with Crippen LogP contribution in [-0.2, 0) is 10.0 Å². The number of amides is 1. The second kappa shape index (κ2) is 6.66. The first-order valence-corrected chi connectivity index (χ1v) is 9.29.